The third-order valence-electron chi connectivity index (χ3n) is 5.37. The van der Waals surface area contributed by atoms with E-state index in [1.165, 1.54) is 12.8 Å². The molecular weight excluding hydrogens is 306 g/mol. The van der Waals surface area contributed by atoms with Crippen LogP contribution in [0, 0.1) is 0 Å². The molecule has 1 aromatic rings. The van der Waals surface area contributed by atoms with E-state index >= 15 is 0 Å². The zero-order valence-electron chi connectivity index (χ0n) is 15.0. The first-order chi connectivity index (χ1) is 11.6. The highest BCUT2D eigenvalue weighted by Crippen LogP contribution is 2.29. The molecule has 1 N–H and O–H groups in total. The lowest BCUT2D eigenvalue weighted by molar-refractivity contribution is -0.128. The number of hydrogen-bond acceptors (Lipinski definition) is 6. The first-order valence-electron chi connectivity index (χ1n) is 9.12. The predicted molar refractivity (Wildman–Crippen MR) is 90.7 cm³/mol. The minimum atomic E-state index is 0.0418. The Morgan fingerprint density at radius 2 is 2.29 bits per heavy atom. The van der Waals surface area contributed by atoms with Gasteiger partial charge >= 0.3 is 0 Å². The summed E-state index contributed by atoms with van der Waals surface area (Å²) in [5.74, 6) is 1.58. The quantitative estimate of drug-likeness (QED) is 0.802. The molecule has 1 aromatic heterocycles. The Hall–Kier alpha value is -1.47. The van der Waals surface area contributed by atoms with Crippen LogP contribution in [0.3, 0.4) is 0 Å². The average molecular weight is 335 g/mol. The van der Waals surface area contributed by atoms with Gasteiger partial charge in [-0.25, -0.2) is 0 Å². The summed E-state index contributed by atoms with van der Waals surface area (Å²) < 4.78 is 5.42. The molecule has 2 aliphatic rings. The molecule has 2 aliphatic heterocycles. The van der Waals surface area contributed by atoms with E-state index in [1.54, 1.807) is 0 Å². The van der Waals surface area contributed by atoms with E-state index in [0.29, 0.717) is 36.8 Å². The summed E-state index contributed by atoms with van der Waals surface area (Å²) in [5, 5.41) is 7.23. The molecule has 0 radical (unpaired) electrons. The number of carbonyl (C=O) groups is 1. The molecule has 3 heterocycles. The van der Waals surface area contributed by atoms with Gasteiger partial charge in [0.1, 0.15) is 0 Å². The largest absolute Gasteiger partial charge is 0.340 e. The van der Waals surface area contributed by atoms with E-state index in [2.05, 4.69) is 34.2 Å². The summed E-state index contributed by atoms with van der Waals surface area (Å²) in [4.78, 5) is 21.4. The van der Waals surface area contributed by atoms with Gasteiger partial charge in [0.15, 0.2) is 5.82 Å². The first-order valence-corrected chi connectivity index (χ1v) is 9.12. The highest BCUT2D eigenvalue weighted by atomic mass is 16.5. The Kier molecular flexibility index (Phi) is 5.50. The molecule has 2 saturated heterocycles. The molecule has 3 unspecified atom stereocenters. The van der Waals surface area contributed by atoms with Crippen molar-refractivity contribution in [2.75, 3.05) is 33.2 Å². The monoisotopic (exact) mass is 335 g/mol. The van der Waals surface area contributed by atoms with Gasteiger partial charge in [0.25, 0.3) is 0 Å². The highest BCUT2D eigenvalue weighted by molar-refractivity contribution is 5.79. The van der Waals surface area contributed by atoms with Crippen LogP contribution in [-0.2, 0) is 11.2 Å². The standard InChI is InChI=1S/C17H29N5O2/c1-4-21-7-5-6-14(21)11-22-10-13(9-16(22)23)17-19-15(20-24-17)8-12(2)18-3/h12-14,18H,4-11H2,1-3H3. The molecule has 2 fully saturated rings. The Balaban J connectivity index is 1.58. The second-order valence-electron chi connectivity index (χ2n) is 7.07. The minimum absolute atomic E-state index is 0.0418. The van der Waals surface area contributed by atoms with Crippen molar-refractivity contribution in [2.45, 2.75) is 57.5 Å². The van der Waals surface area contributed by atoms with Crippen LogP contribution in [0.1, 0.15) is 50.7 Å². The Labute approximate surface area is 143 Å². The predicted octanol–water partition coefficient (Wildman–Crippen LogP) is 1.02. The van der Waals surface area contributed by atoms with Crippen LogP contribution < -0.4 is 5.32 Å². The molecular formula is C17H29N5O2. The lowest BCUT2D eigenvalue weighted by Gasteiger charge is -2.27. The number of nitrogens with zero attached hydrogens (tertiary/aromatic N) is 4. The Morgan fingerprint density at radius 1 is 1.46 bits per heavy atom. The number of amides is 1. The van der Waals surface area contributed by atoms with Crippen molar-refractivity contribution in [3.8, 4) is 0 Å². The van der Waals surface area contributed by atoms with Gasteiger partial charge < -0.3 is 14.7 Å². The molecule has 134 valence electrons. The van der Waals surface area contributed by atoms with Gasteiger partial charge in [-0.1, -0.05) is 12.1 Å². The second kappa shape index (κ2) is 7.61. The van der Waals surface area contributed by atoms with Crippen molar-refractivity contribution in [1.29, 1.82) is 0 Å². The summed E-state index contributed by atoms with van der Waals surface area (Å²) in [6, 6.07) is 0.812. The van der Waals surface area contributed by atoms with Crippen LogP contribution in [0.5, 0.6) is 0 Å². The smallest absolute Gasteiger partial charge is 0.232 e. The average Bonchev–Trinajstić information content (AvgIpc) is 3.28. The van der Waals surface area contributed by atoms with Gasteiger partial charge in [0.2, 0.25) is 11.8 Å². The maximum atomic E-state index is 12.4. The lowest BCUT2D eigenvalue weighted by atomic mass is 10.1. The van der Waals surface area contributed by atoms with E-state index in [4.69, 9.17) is 4.52 Å². The Bertz CT molecular complexity index is 561. The van der Waals surface area contributed by atoms with Crippen molar-refractivity contribution in [3.63, 3.8) is 0 Å². The summed E-state index contributed by atoms with van der Waals surface area (Å²) in [7, 11) is 1.92. The number of rotatable bonds is 7. The molecule has 7 heteroatoms. The molecule has 0 aromatic carbocycles. The molecule has 0 aliphatic carbocycles. The van der Waals surface area contributed by atoms with Crippen molar-refractivity contribution in [3.05, 3.63) is 11.7 Å². The van der Waals surface area contributed by atoms with Crippen LogP contribution in [0.15, 0.2) is 4.52 Å². The van der Waals surface area contributed by atoms with E-state index in [9.17, 15) is 4.79 Å². The maximum Gasteiger partial charge on any atom is 0.232 e. The third kappa shape index (κ3) is 3.78. The van der Waals surface area contributed by atoms with Gasteiger partial charge in [-0.3, -0.25) is 9.69 Å². The molecule has 3 atom stereocenters. The topological polar surface area (TPSA) is 74.5 Å². The fourth-order valence-electron chi connectivity index (χ4n) is 3.78. The number of carbonyl (C=O) groups excluding carboxylic acids is 1. The van der Waals surface area contributed by atoms with Gasteiger partial charge in [-0.2, -0.15) is 4.98 Å². The summed E-state index contributed by atoms with van der Waals surface area (Å²) >= 11 is 0. The number of aromatic nitrogens is 2. The molecule has 24 heavy (non-hydrogen) atoms. The molecule has 7 nitrogen and oxygen atoms in total. The van der Waals surface area contributed by atoms with Crippen molar-refractivity contribution in [2.24, 2.45) is 0 Å². The van der Waals surface area contributed by atoms with Crippen molar-refractivity contribution in [1.82, 2.24) is 25.3 Å². The number of nitrogens with one attached hydrogen (secondary N) is 1. The van der Waals surface area contributed by atoms with Crippen molar-refractivity contribution >= 4 is 5.91 Å². The molecule has 3 rings (SSSR count). The van der Waals surface area contributed by atoms with E-state index in [0.717, 1.165) is 26.1 Å². The lowest BCUT2D eigenvalue weighted by Crippen LogP contribution is -2.40. The Morgan fingerprint density at radius 3 is 3.04 bits per heavy atom. The van der Waals surface area contributed by atoms with E-state index < -0.39 is 0 Å². The van der Waals surface area contributed by atoms with Crippen molar-refractivity contribution < 1.29 is 9.32 Å². The fraction of sp³-hybridized carbons (Fsp3) is 0.824. The third-order valence-corrected chi connectivity index (χ3v) is 5.37. The van der Waals surface area contributed by atoms with Crippen LogP contribution in [0.2, 0.25) is 0 Å². The summed E-state index contributed by atoms with van der Waals surface area (Å²) in [6.45, 7) is 8.03. The van der Waals surface area contributed by atoms with E-state index in [1.807, 2.05) is 11.9 Å². The zero-order chi connectivity index (χ0) is 17.1. The number of likely N-dealkylation sites (tertiary alicyclic amines) is 2. The molecule has 1 amide bonds. The van der Waals surface area contributed by atoms with Crippen LogP contribution >= 0.6 is 0 Å². The zero-order valence-corrected chi connectivity index (χ0v) is 15.0. The van der Waals surface area contributed by atoms with Crippen LogP contribution in [0.25, 0.3) is 0 Å². The van der Waals surface area contributed by atoms with Gasteiger partial charge in [0, 0.05) is 38.0 Å². The number of hydrogen-bond donors (Lipinski definition) is 1. The van der Waals surface area contributed by atoms with E-state index in [-0.39, 0.29) is 11.8 Å². The van der Waals surface area contributed by atoms with Gasteiger partial charge in [-0.15, -0.1) is 0 Å². The van der Waals surface area contributed by atoms with Crippen LogP contribution in [0.4, 0.5) is 0 Å². The number of likely N-dealkylation sites (N-methyl/N-ethyl adjacent to an activating group) is 2. The second-order valence-corrected chi connectivity index (χ2v) is 7.07. The highest BCUT2D eigenvalue weighted by Gasteiger charge is 2.36. The maximum absolute atomic E-state index is 12.4. The van der Waals surface area contributed by atoms with Gasteiger partial charge in [-0.05, 0) is 39.9 Å². The SMILES string of the molecule is CCN1CCCC1CN1CC(c2nc(CC(C)NC)no2)CC1=O. The molecule has 0 spiro atoms. The van der Waals surface area contributed by atoms with Gasteiger partial charge in [0.05, 0.1) is 5.92 Å². The minimum Gasteiger partial charge on any atom is -0.340 e. The van der Waals surface area contributed by atoms with Crippen LogP contribution in [-0.4, -0.2) is 71.2 Å². The summed E-state index contributed by atoms with van der Waals surface area (Å²) in [6.07, 6.45) is 3.65. The normalized spacial score (nSPS) is 26.5. The fourth-order valence-corrected chi connectivity index (χ4v) is 3.78. The molecule has 0 bridgehead atoms. The first kappa shape index (κ1) is 17.4. The molecule has 0 saturated carbocycles. The summed E-state index contributed by atoms with van der Waals surface area (Å²) in [5.41, 5.74) is 0.